The van der Waals surface area contributed by atoms with Crippen molar-refractivity contribution < 1.29 is 9.90 Å². The molecule has 0 saturated carbocycles. The van der Waals surface area contributed by atoms with Gasteiger partial charge in [-0.3, -0.25) is 9.79 Å². The normalized spacial score (nSPS) is 11.7. The molecule has 0 fully saturated rings. The minimum absolute atomic E-state index is 0.278. The van der Waals surface area contributed by atoms with E-state index in [1.54, 1.807) is 6.33 Å². The maximum Gasteiger partial charge on any atom is 0.303 e. The highest BCUT2D eigenvalue weighted by Gasteiger charge is 1.98. The first kappa shape index (κ1) is 17.2. The maximum absolute atomic E-state index is 10.3. The number of unbranched alkanes of at least 4 members (excludes halogenated alkanes) is 4. The number of carboxylic acids is 1. The second-order valence-corrected chi connectivity index (χ2v) is 5.21. The molecule has 1 heterocycles. The molecule has 0 amide bonds. The quantitative estimate of drug-likeness (QED) is 0.313. The van der Waals surface area contributed by atoms with Crippen molar-refractivity contribution in [1.82, 2.24) is 9.97 Å². The number of carbonyl (C=O) groups is 1. The molecule has 1 aromatic rings. The minimum Gasteiger partial charge on any atom is -0.481 e. The lowest BCUT2D eigenvalue weighted by Crippen LogP contribution is -2.12. The average Bonchev–Trinajstić information content (AvgIpc) is 2.95. The van der Waals surface area contributed by atoms with Gasteiger partial charge in [0.2, 0.25) is 0 Å². The van der Waals surface area contributed by atoms with Crippen molar-refractivity contribution in [1.29, 1.82) is 0 Å². The summed E-state index contributed by atoms with van der Waals surface area (Å²) in [5.41, 5.74) is 7.00. The van der Waals surface area contributed by atoms with Crippen LogP contribution in [0.5, 0.6) is 0 Å². The van der Waals surface area contributed by atoms with Gasteiger partial charge in [-0.15, -0.1) is 0 Å². The van der Waals surface area contributed by atoms with E-state index >= 15 is 0 Å². The smallest absolute Gasteiger partial charge is 0.303 e. The van der Waals surface area contributed by atoms with Gasteiger partial charge in [0.1, 0.15) is 0 Å². The number of hydrogen-bond acceptors (Lipinski definition) is 3. The standard InChI is InChI=1S/C15H26N4O2/c16-14(8-4-2-1-3-5-9-15(20)21)18-10-6-7-13-11-17-12-19-13/h11-12H,1-10H2,(H2,16,18)(H,17,19)(H,20,21). The Balaban J connectivity index is 1.93. The highest BCUT2D eigenvalue weighted by atomic mass is 16.4. The number of carboxylic acid groups (broad SMARTS) is 1. The summed E-state index contributed by atoms with van der Waals surface area (Å²) in [5, 5.41) is 8.51. The number of H-pyrrole nitrogens is 1. The second-order valence-electron chi connectivity index (χ2n) is 5.21. The van der Waals surface area contributed by atoms with E-state index in [2.05, 4.69) is 15.0 Å². The molecule has 0 aliphatic heterocycles. The van der Waals surface area contributed by atoms with E-state index in [0.29, 0.717) is 0 Å². The van der Waals surface area contributed by atoms with Crippen molar-refractivity contribution >= 4 is 11.8 Å². The third-order valence-electron chi connectivity index (χ3n) is 3.30. The van der Waals surface area contributed by atoms with E-state index in [1.807, 2.05) is 6.20 Å². The van der Waals surface area contributed by atoms with Crippen LogP contribution in [0.25, 0.3) is 0 Å². The first-order valence-electron chi connectivity index (χ1n) is 7.66. The number of nitrogens with one attached hydrogen (secondary N) is 1. The van der Waals surface area contributed by atoms with Crippen molar-refractivity contribution in [2.75, 3.05) is 6.54 Å². The van der Waals surface area contributed by atoms with Crippen LogP contribution in [-0.4, -0.2) is 33.4 Å². The molecule has 0 spiro atoms. The van der Waals surface area contributed by atoms with Crippen molar-refractivity contribution in [2.24, 2.45) is 10.7 Å². The van der Waals surface area contributed by atoms with E-state index in [9.17, 15) is 4.79 Å². The number of aryl methyl sites for hydroxylation is 1. The minimum atomic E-state index is -0.707. The van der Waals surface area contributed by atoms with E-state index in [-0.39, 0.29) is 6.42 Å². The van der Waals surface area contributed by atoms with Crippen molar-refractivity contribution in [3.63, 3.8) is 0 Å². The number of aliphatic imine (C=N–C) groups is 1. The lowest BCUT2D eigenvalue weighted by atomic mass is 10.1. The van der Waals surface area contributed by atoms with Gasteiger partial charge in [-0.25, -0.2) is 4.98 Å². The number of hydrogen-bond donors (Lipinski definition) is 3. The third kappa shape index (κ3) is 9.65. The maximum atomic E-state index is 10.3. The third-order valence-corrected chi connectivity index (χ3v) is 3.30. The number of rotatable bonds is 12. The zero-order valence-corrected chi connectivity index (χ0v) is 12.6. The van der Waals surface area contributed by atoms with Gasteiger partial charge < -0.3 is 15.8 Å². The molecule has 21 heavy (non-hydrogen) atoms. The second kappa shape index (κ2) is 10.9. The fraction of sp³-hybridized carbons (Fsp3) is 0.667. The molecule has 6 nitrogen and oxygen atoms in total. The van der Waals surface area contributed by atoms with Crippen LogP contribution in [0.1, 0.15) is 57.1 Å². The molecule has 0 saturated heterocycles. The first-order chi connectivity index (χ1) is 10.2. The highest BCUT2D eigenvalue weighted by Crippen LogP contribution is 2.07. The average molecular weight is 294 g/mol. The summed E-state index contributed by atoms with van der Waals surface area (Å²) < 4.78 is 0. The van der Waals surface area contributed by atoms with E-state index < -0.39 is 5.97 Å². The number of aromatic amines is 1. The van der Waals surface area contributed by atoms with Gasteiger partial charge >= 0.3 is 5.97 Å². The van der Waals surface area contributed by atoms with E-state index in [0.717, 1.165) is 69.4 Å². The number of imidazole rings is 1. The van der Waals surface area contributed by atoms with Gasteiger partial charge in [0.05, 0.1) is 12.2 Å². The summed E-state index contributed by atoms with van der Waals surface area (Å²) in [6.07, 6.45) is 11.5. The molecular weight excluding hydrogens is 268 g/mol. The summed E-state index contributed by atoms with van der Waals surface area (Å²) in [6, 6.07) is 0. The van der Waals surface area contributed by atoms with E-state index in [4.69, 9.17) is 10.8 Å². The van der Waals surface area contributed by atoms with Gasteiger partial charge in [-0.2, -0.15) is 0 Å². The molecule has 118 valence electrons. The van der Waals surface area contributed by atoms with Gasteiger partial charge in [-0.1, -0.05) is 19.3 Å². The molecule has 1 rings (SSSR count). The lowest BCUT2D eigenvalue weighted by molar-refractivity contribution is -0.137. The Morgan fingerprint density at radius 1 is 1.19 bits per heavy atom. The largest absolute Gasteiger partial charge is 0.481 e. The Labute approximate surface area is 125 Å². The van der Waals surface area contributed by atoms with Crippen molar-refractivity contribution in [3.05, 3.63) is 18.2 Å². The number of aromatic nitrogens is 2. The fourth-order valence-electron chi connectivity index (χ4n) is 2.11. The van der Waals surface area contributed by atoms with Gasteiger partial charge in [0.25, 0.3) is 0 Å². The Kier molecular flexibility index (Phi) is 8.91. The van der Waals surface area contributed by atoms with Crippen LogP contribution in [0, 0.1) is 0 Å². The Morgan fingerprint density at radius 2 is 1.90 bits per heavy atom. The van der Waals surface area contributed by atoms with Crippen LogP contribution < -0.4 is 5.73 Å². The molecule has 4 N–H and O–H groups in total. The van der Waals surface area contributed by atoms with Gasteiger partial charge in [0.15, 0.2) is 0 Å². The molecule has 0 bridgehead atoms. The SMILES string of the molecule is NC(CCCCCCCC(=O)O)=NCCCc1cnc[nH]1. The predicted molar refractivity (Wildman–Crippen MR) is 83.4 cm³/mol. The molecule has 0 aliphatic carbocycles. The zero-order chi connectivity index (χ0) is 15.3. The molecule has 6 heteroatoms. The molecule has 0 aliphatic rings. The molecule has 0 aromatic carbocycles. The monoisotopic (exact) mass is 294 g/mol. The number of amidine groups is 1. The summed E-state index contributed by atoms with van der Waals surface area (Å²) in [7, 11) is 0. The molecule has 1 aromatic heterocycles. The van der Waals surface area contributed by atoms with Gasteiger partial charge in [0, 0.05) is 31.3 Å². The van der Waals surface area contributed by atoms with E-state index in [1.165, 1.54) is 0 Å². The first-order valence-corrected chi connectivity index (χ1v) is 7.66. The van der Waals surface area contributed by atoms with Crippen LogP contribution >= 0.6 is 0 Å². The molecular formula is C15H26N4O2. The van der Waals surface area contributed by atoms with Gasteiger partial charge in [-0.05, 0) is 25.7 Å². The number of nitrogens with zero attached hydrogens (tertiary/aromatic N) is 2. The summed E-state index contributed by atoms with van der Waals surface area (Å²) >= 11 is 0. The molecule has 0 radical (unpaired) electrons. The van der Waals surface area contributed by atoms with Crippen molar-refractivity contribution in [2.45, 2.75) is 57.8 Å². The Bertz CT molecular complexity index is 415. The number of aliphatic carboxylic acids is 1. The fourth-order valence-corrected chi connectivity index (χ4v) is 2.11. The summed E-state index contributed by atoms with van der Waals surface area (Å²) in [4.78, 5) is 21.7. The van der Waals surface area contributed by atoms with Crippen LogP contribution in [-0.2, 0) is 11.2 Å². The molecule has 0 atom stereocenters. The topological polar surface area (TPSA) is 104 Å². The van der Waals surface area contributed by atoms with Crippen LogP contribution in [0.3, 0.4) is 0 Å². The van der Waals surface area contributed by atoms with Crippen molar-refractivity contribution in [3.8, 4) is 0 Å². The Morgan fingerprint density at radius 3 is 2.57 bits per heavy atom. The van der Waals surface area contributed by atoms with Crippen LogP contribution in [0.15, 0.2) is 17.5 Å². The summed E-state index contributed by atoms with van der Waals surface area (Å²) in [6.45, 7) is 0.753. The highest BCUT2D eigenvalue weighted by molar-refractivity contribution is 5.80. The summed E-state index contributed by atoms with van der Waals surface area (Å²) in [5.74, 6) is 0.0201. The lowest BCUT2D eigenvalue weighted by Gasteiger charge is -2.02. The molecule has 0 unspecified atom stereocenters. The number of nitrogens with two attached hydrogens (primary N) is 1. The van der Waals surface area contributed by atoms with Crippen LogP contribution in [0.2, 0.25) is 0 Å². The zero-order valence-electron chi connectivity index (χ0n) is 12.6. The predicted octanol–water partition coefficient (Wildman–Crippen LogP) is 2.51. The van der Waals surface area contributed by atoms with Crippen LogP contribution in [0.4, 0.5) is 0 Å². The Hall–Kier alpha value is -1.85.